The van der Waals surface area contributed by atoms with Crippen LogP contribution in [0.2, 0.25) is 0 Å². The molecule has 1 N–H and O–H groups in total. The second-order valence-electron chi connectivity index (χ2n) is 8.39. The van der Waals surface area contributed by atoms with Crippen LogP contribution >= 0.6 is 0 Å². The van der Waals surface area contributed by atoms with Gasteiger partial charge in [0.1, 0.15) is 5.82 Å². The molecule has 0 aliphatic carbocycles. The Kier molecular flexibility index (Phi) is 10.1. The minimum Gasteiger partial charge on any atom is -0.494 e. The van der Waals surface area contributed by atoms with Crippen molar-refractivity contribution < 1.29 is 23.5 Å². The number of halogens is 1. The minimum atomic E-state index is -0.319. The number of benzene rings is 1. The molecule has 3 heterocycles. The van der Waals surface area contributed by atoms with E-state index in [-0.39, 0.29) is 30.0 Å². The summed E-state index contributed by atoms with van der Waals surface area (Å²) in [6, 6.07) is 10.6. The van der Waals surface area contributed by atoms with Crippen LogP contribution in [-0.2, 0) is 22.4 Å². The van der Waals surface area contributed by atoms with E-state index in [1.165, 1.54) is 18.7 Å². The highest BCUT2D eigenvalue weighted by atomic mass is 19.1. The van der Waals surface area contributed by atoms with E-state index < -0.39 is 0 Å². The van der Waals surface area contributed by atoms with E-state index >= 15 is 0 Å². The zero-order chi connectivity index (χ0) is 25.0. The highest BCUT2D eigenvalue weighted by Crippen LogP contribution is 2.20. The van der Waals surface area contributed by atoms with Gasteiger partial charge in [0, 0.05) is 38.4 Å². The number of hydrogen-bond donors (Lipinski definition) is 1. The maximum atomic E-state index is 12.5. The topological polar surface area (TPSA) is 84.0 Å². The molecule has 9 heteroatoms. The van der Waals surface area contributed by atoms with Gasteiger partial charge in [-0.25, -0.2) is 14.2 Å². The van der Waals surface area contributed by atoms with Gasteiger partial charge in [0.05, 0.1) is 20.1 Å². The number of esters is 1. The fourth-order valence-electron chi connectivity index (χ4n) is 4.08. The molecule has 0 unspecified atom stereocenters. The highest BCUT2D eigenvalue weighted by molar-refractivity contribution is 5.77. The summed E-state index contributed by atoms with van der Waals surface area (Å²) >= 11 is 0. The number of ether oxygens (including phenoxy) is 2. The lowest BCUT2D eigenvalue weighted by molar-refractivity contribution is -0.143. The Morgan fingerprint density at radius 3 is 2.63 bits per heavy atom. The summed E-state index contributed by atoms with van der Waals surface area (Å²) in [7, 11) is 1.44. The van der Waals surface area contributed by atoms with E-state index in [0.717, 1.165) is 56.8 Å². The van der Waals surface area contributed by atoms with Crippen molar-refractivity contribution in [3.63, 3.8) is 0 Å². The molecule has 0 spiro atoms. The molecule has 35 heavy (non-hydrogen) atoms. The molecule has 8 nitrogen and oxygen atoms in total. The number of fused-ring (bicyclic) bond motifs is 1. The average Bonchev–Trinajstić information content (AvgIpc) is 3.22. The van der Waals surface area contributed by atoms with Gasteiger partial charge in [-0.05, 0) is 56.4 Å². The molecule has 2 aliphatic rings. The predicted octanol–water partition coefficient (Wildman–Crippen LogP) is 3.90. The van der Waals surface area contributed by atoms with Gasteiger partial charge < -0.3 is 24.6 Å². The molecular weight excluding hydrogens is 451 g/mol. The number of methoxy groups -OCH3 is 1. The first-order chi connectivity index (χ1) is 17.0. The molecule has 1 fully saturated rings. The van der Waals surface area contributed by atoms with E-state index in [9.17, 15) is 14.0 Å². The van der Waals surface area contributed by atoms with Crippen molar-refractivity contribution in [3.8, 4) is 5.75 Å². The highest BCUT2D eigenvalue weighted by Gasteiger charge is 2.28. The number of nitrogens with zero attached hydrogens (tertiary/aromatic N) is 3. The van der Waals surface area contributed by atoms with E-state index in [4.69, 9.17) is 9.72 Å². The lowest BCUT2D eigenvalue weighted by atomic mass is 10.1. The van der Waals surface area contributed by atoms with Gasteiger partial charge in [-0.2, -0.15) is 0 Å². The predicted molar refractivity (Wildman–Crippen MR) is 132 cm³/mol. The van der Waals surface area contributed by atoms with E-state index in [1.54, 1.807) is 30.0 Å². The summed E-state index contributed by atoms with van der Waals surface area (Å²) in [5.41, 5.74) is 2.37. The molecule has 4 rings (SSSR count). The SMILES string of the molecule is CCOC(=O)CCN1CCN(CCCc2ccc3c(n2)NCCC3)C1=O.COc1ccccc1F. The Balaban J connectivity index is 0.000000320. The van der Waals surface area contributed by atoms with Crippen molar-refractivity contribution in [2.24, 2.45) is 0 Å². The molecule has 2 amide bonds. The summed E-state index contributed by atoms with van der Waals surface area (Å²) in [5, 5.41) is 3.36. The van der Waals surface area contributed by atoms with Crippen LogP contribution < -0.4 is 10.1 Å². The number of carbonyl (C=O) groups is 2. The lowest BCUT2D eigenvalue weighted by Gasteiger charge is -2.19. The number of aryl methyl sites for hydroxylation is 2. The zero-order valence-electron chi connectivity index (χ0n) is 20.6. The third kappa shape index (κ3) is 7.83. The van der Waals surface area contributed by atoms with Gasteiger partial charge in [0.15, 0.2) is 11.6 Å². The summed E-state index contributed by atoms with van der Waals surface area (Å²) in [5.74, 6) is 0.750. The third-order valence-electron chi connectivity index (χ3n) is 5.94. The minimum absolute atomic E-state index is 0.0226. The van der Waals surface area contributed by atoms with Gasteiger partial charge in [0.2, 0.25) is 0 Å². The van der Waals surface area contributed by atoms with Gasteiger partial charge in [0.25, 0.3) is 0 Å². The first kappa shape index (κ1) is 26.2. The monoisotopic (exact) mass is 486 g/mol. The molecule has 1 aromatic heterocycles. The molecule has 1 saturated heterocycles. The fourth-order valence-corrected chi connectivity index (χ4v) is 4.08. The molecule has 2 aliphatic heterocycles. The van der Waals surface area contributed by atoms with Crippen LogP contribution in [0.15, 0.2) is 36.4 Å². The fraction of sp³-hybridized carbons (Fsp3) is 0.500. The van der Waals surface area contributed by atoms with Gasteiger partial charge in [-0.15, -0.1) is 0 Å². The van der Waals surface area contributed by atoms with Crippen molar-refractivity contribution in [1.29, 1.82) is 0 Å². The smallest absolute Gasteiger partial charge is 0.320 e. The Bertz CT molecular complexity index is 988. The van der Waals surface area contributed by atoms with Crippen LogP contribution in [0.5, 0.6) is 5.75 Å². The van der Waals surface area contributed by atoms with Gasteiger partial charge in [-0.1, -0.05) is 18.2 Å². The van der Waals surface area contributed by atoms with Crippen LogP contribution in [-0.4, -0.2) is 73.2 Å². The normalized spacial score (nSPS) is 14.5. The van der Waals surface area contributed by atoms with Crippen molar-refractivity contribution in [2.45, 2.75) is 39.0 Å². The summed E-state index contributed by atoms with van der Waals surface area (Å²) in [6.45, 7) is 5.72. The molecule has 0 radical (unpaired) electrons. The average molecular weight is 487 g/mol. The zero-order valence-corrected chi connectivity index (χ0v) is 20.6. The maximum absolute atomic E-state index is 12.5. The molecule has 1 aromatic carbocycles. The van der Waals surface area contributed by atoms with Gasteiger partial charge >= 0.3 is 12.0 Å². The van der Waals surface area contributed by atoms with Crippen LogP contribution in [0.4, 0.5) is 15.0 Å². The van der Waals surface area contributed by atoms with Crippen LogP contribution in [0.1, 0.15) is 37.4 Å². The largest absolute Gasteiger partial charge is 0.494 e. The quantitative estimate of drug-likeness (QED) is 0.542. The second-order valence-corrected chi connectivity index (χ2v) is 8.39. The number of urea groups is 1. The molecule has 0 saturated carbocycles. The molecule has 0 atom stereocenters. The number of para-hydroxylation sites is 1. The van der Waals surface area contributed by atoms with E-state index in [2.05, 4.69) is 22.2 Å². The van der Waals surface area contributed by atoms with Crippen molar-refractivity contribution >= 4 is 17.8 Å². The van der Waals surface area contributed by atoms with Crippen LogP contribution in [0.25, 0.3) is 0 Å². The first-order valence-corrected chi connectivity index (χ1v) is 12.2. The molecule has 2 aromatic rings. The first-order valence-electron chi connectivity index (χ1n) is 12.2. The van der Waals surface area contributed by atoms with Crippen molar-refractivity contribution in [2.75, 3.05) is 51.8 Å². The lowest BCUT2D eigenvalue weighted by Crippen LogP contribution is -2.34. The Hall–Kier alpha value is -3.36. The van der Waals surface area contributed by atoms with Crippen molar-refractivity contribution in [1.82, 2.24) is 14.8 Å². The summed E-state index contributed by atoms with van der Waals surface area (Å²) < 4.78 is 22.0. The molecular formula is C26H35FN4O4. The molecule has 0 bridgehead atoms. The number of pyridine rings is 1. The number of anilines is 1. The summed E-state index contributed by atoms with van der Waals surface area (Å²) in [6.07, 6.45) is 4.28. The summed E-state index contributed by atoms with van der Waals surface area (Å²) in [4.78, 5) is 32.1. The number of rotatable bonds is 9. The van der Waals surface area contributed by atoms with E-state index in [0.29, 0.717) is 19.7 Å². The third-order valence-corrected chi connectivity index (χ3v) is 5.94. The van der Waals surface area contributed by atoms with Crippen LogP contribution in [0.3, 0.4) is 0 Å². The number of amides is 2. The van der Waals surface area contributed by atoms with Gasteiger partial charge in [-0.3, -0.25) is 4.79 Å². The van der Waals surface area contributed by atoms with Crippen molar-refractivity contribution in [3.05, 3.63) is 53.5 Å². The Morgan fingerprint density at radius 2 is 1.91 bits per heavy atom. The standard InChI is InChI=1S/C19H28N4O3.C7H7FO/c1-2-26-17(24)9-12-23-14-13-22(19(23)25)11-4-6-16-8-7-15-5-3-10-20-18(15)21-16;1-9-7-5-3-2-4-6(7)8/h7-8H,2-6,9-14H2,1H3,(H,20,21);2-5H,1H3. The number of nitrogens with one attached hydrogen (secondary N) is 1. The Morgan fingerprint density at radius 1 is 1.14 bits per heavy atom. The second kappa shape index (κ2) is 13.5. The maximum Gasteiger partial charge on any atom is 0.320 e. The van der Waals surface area contributed by atoms with Crippen LogP contribution in [0, 0.1) is 5.82 Å². The number of carbonyl (C=O) groups excluding carboxylic acids is 2. The molecule has 190 valence electrons. The number of aromatic nitrogens is 1. The van der Waals surface area contributed by atoms with E-state index in [1.807, 2.05) is 4.90 Å². The number of hydrogen-bond acceptors (Lipinski definition) is 6. The Labute approximate surface area is 206 Å².